The zero-order valence-electron chi connectivity index (χ0n) is 16.4. The number of fused-ring (bicyclic) bond motifs is 1. The molecule has 1 aliphatic carbocycles. The zero-order chi connectivity index (χ0) is 20.5. The van der Waals surface area contributed by atoms with Gasteiger partial charge in [-0.05, 0) is 48.6 Å². The van der Waals surface area contributed by atoms with Crippen molar-refractivity contribution in [3.05, 3.63) is 64.0 Å². The van der Waals surface area contributed by atoms with Crippen LogP contribution in [0, 0.1) is 5.92 Å². The van der Waals surface area contributed by atoms with Crippen LogP contribution in [0.25, 0.3) is 11.0 Å². The molecule has 2 N–H and O–H groups in total. The summed E-state index contributed by atoms with van der Waals surface area (Å²) in [5, 5.41) is 14.3. The number of nitrogens with one attached hydrogen (secondary N) is 1. The smallest absolute Gasteiger partial charge is 0.343 e. The van der Waals surface area contributed by atoms with Gasteiger partial charge in [-0.2, -0.15) is 0 Å². The maximum atomic E-state index is 12.9. The van der Waals surface area contributed by atoms with Gasteiger partial charge >= 0.3 is 5.63 Å². The second-order valence-electron chi connectivity index (χ2n) is 7.36. The fourth-order valence-corrected chi connectivity index (χ4v) is 3.74. The minimum atomic E-state index is -0.553. The molecule has 1 fully saturated rings. The molecule has 6 nitrogen and oxygen atoms in total. The van der Waals surface area contributed by atoms with Gasteiger partial charge in [-0.25, -0.2) is 4.79 Å². The lowest BCUT2D eigenvalue weighted by atomic mass is 9.86. The van der Waals surface area contributed by atoms with Crippen molar-refractivity contribution in [3.8, 4) is 11.5 Å². The van der Waals surface area contributed by atoms with Gasteiger partial charge in [-0.3, -0.25) is 4.79 Å². The SMILES string of the molecule is CCC(=O)Nc1cccc(C(c2c(O)c3ccc(OC)cc3oc2=O)C2CC2)c1. The molecule has 6 heteroatoms. The van der Waals surface area contributed by atoms with Gasteiger partial charge in [0, 0.05) is 24.1 Å². The summed E-state index contributed by atoms with van der Waals surface area (Å²) >= 11 is 0. The minimum Gasteiger partial charge on any atom is -0.507 e. The Labute approximate surface area is 168 Å². The Bertz CT molecular complexity index is 1130. The molecule has 0 bridgehead atoms. The van der Waals surface area contributed by atoms with Gasteiger partial charge in [0.2, 0.25) is 5.91 Å². The summed E-state index contributed by atoms with van der Waals surface area (Å²) < 4.78 is 10.7. The lowest BCUT2D eigenvalue weighted by molar-refractivity contribution is -0.115. The molecule has 1 atom stereocenters. The zero-order valence-corrected chi connectivity index (χ0v) is 16.4. The third-order valence-corrected chi connectivity index (χ3v) is 5.38. The van der Waals surface area contributed by atoms with Crippen LogP contribution in [0.15, 0.2) is 51.7 Å². The summed E-state index contributed by atoms with van der Waals surface area (Å²) in [6.45, 7) is 1.79. The second kappa shape index (κ2) is 7.62. The van der Waals surface area contributed by atoms with E-state index in [9.17, 15) is 14.7 Å². The molecule has 1 heterocycles. The fraction of sp³-hybridized carbons (Fsp3) is 0.304. The second-order valence-corrected chi connectivity index (χ2v) is 7.36. The molecule has 29 heavy (non-hydrogen) atoms. The molecule has 0 aliphatic heterocycles. The van der Waals surface area contributed by atoms with Gasteiger partial charge in [-0.15, -0.1) is 0 Å². The predicted molar refractivity (Wildman–Crippen MR) is 111 cm³/mol. The van der Waals surface area contributed by atoms with E-state index >= 15 is 0 Å². The third kappa shape index (κ3) is 3.70. The Hall–Kier alpha value is -3.28. The van der Waals surface area contributed by atoms with Crippen LogP contribution >= 0.6 is 0 Å². The van der Waals surface area contributed by atoms with Crippen molar-refractivity contribution in [2.24, 2.45) is 5.92 Å². The topological polar surface area (TPSA) is 88.8 Å². The van der Waals surface area contributed by atoms with Crippen molar-refractivity contribution in [2.75, 3.05) is 12.4 Å². The number of methoxy groups -OCH3 is 1. The number of rotatable bonds is 6. The number of aromatic hydroxyl groups is 1. The average Bonchev–Trinajstić information content (AvgIpc) is 3.55. The molecule has 150 valence electrons. The molecule has 1 aromatic heterocycles. The van der Waals surface area contributed by atoms with Crippen LogP contribution in [-0.2, 0) is 4.79 Å². The number of anilines is 1. The van der Waals surface area contributed by atoms with E-state index in [-0.39, 0.29) is 34.6 Å². The van der Waals surface area contributed by atoms with E-state index in [1.807, 2.05) is 24.3 Å². The lowest BCUT2D eigenvalue weighted by Gasteiger charge is -2.19. The van der Waals surface area contributed by atoms with Crippen LogP contribution in [0.5, 0.6) is 11.5 Å². The molecule has 0 spiro atoms. The maximum Gasteiger partial charge on any atom is 0.343 e. The fourth-order valence-electron chi connectivity index (χ4n) is 3.74. The number of carbonyl (C=O) groups excluding carboxylic acids is 1. The largest absolute Gasteiger partial charge is 0.507 e. The van der Waals surface area contributed by atoms with Crippen LogP contribution in [0.4, 0.5) is 5.69 Å². The highest BCUT2D eigenvalue weighted by Gasteiger charge is 2.38. The summed E-state index contributed by atoms with van der Waals surface area (Å²) in [6, 6.07) is 12.5. The van der Waals surface area contributed by atoms with Crippen molar-refractivity contribution in [1.82, 2.24) is 0 Å². The van der Waals surface area contributed by atoms with Crippen LogP contribution < -0.4 is 15.7 Å². The molecular weight excluding hydrogens is 370 g/mol. The molecule has 1 unspecified atom stereocenters. The Morgan fingerprint density at radius 3 is 2.76 bits per heavy atom. The van der Waals surface area contributed by atoms with E-state index in [4.69, 9.17) is 9.15 Å². The summed E-state index contributed by atoms with van der Waals surface area (Å²) in [5.74, 6) is 0.365. The highest BCUT2D eigenvalue weighted by Crippen LogP contribution is 2.49. The normalized spacial score (nSPS) is 14.6. The van der Waals surface area contributed by atoms with E-state index in [0.717, 1.165) is 18.4 Å². The van der Waals surface area contributed by atoms with Gasteiger partial charge in [0.15, 0.2) is 0 Å². The first-order valence-corrected chi connectivity index (χ1v) is 9.75. The van der Waals surface area contributed by atoms with E-state index in [1.165, 1.54) is 7.11 Å². The first kappa shape index (κ1) is 19.1. The molecule has 4 rings (SSSR count). The van der Waals surface area contributed by atoms with Crippen LogP contribution in [-0.4, -0.2) is 18.1 Å². The van der Waals surface area contributed by atoms with Gasteiger partial charge in [0.1, 0.15) is 17.1 Å². The third-order valence-electron chi connectivity index (χ3n) is 5.38. The lowest BCUT2D eigenvalue weighted by Crippen LogP contribution is -2.16. The number of ether oxygens (including phenoxy) is 1. The Kier molecular flexibility index (Phi) is 5.01. The van der Waals surface area contributed by atoms with Gasteiger partial charge < -0.3 is 19.6 Å². The standard InChI is InChI=1S/C23H23NO5/c1-3-19(25)24-15-6-4-5-14(11-15)20(13-7-8-13)21-22(26)17-10-9-16(28-2)12-18(17)29-23(21)27/h4-6,9-13,20,26H,3,7-8H2,1-2H3,(H,24,25). The monoisotopic (exact) mass is 393 g/mol. The molecular formula is C23H23NO5. The van der Waals surface area contributed by atoms with E-state index in [1.54, 1.807) is 25.1 Å². The van der Waals surface area contributed by atoms with Crippen molar-refractivity contribution < 1.29 is 19.1 Å². The van der Waals surface area contributed by atoms with Crippen molar-refractivity contribution in [1.29, 1.82) is 0 Å². The molecule has 0 radical (unpaired) electrons. The Morgan fingerprint density at radius 2 is 2.07 bits per heavy atom. The summed E-state index contributed by atoms with van der Waals surface area (Å²) in [4.78, 5) is 24.6. The summed E-state index contributed by atoms with van der Waals surface area (Å²) in [6.07, 6.45) is 2.32. The maximum absolute atomic E-state index is 12.9. The number of amides is 1. The molecule has 0 saturated heterocycles. The van der Waals surface area contributed by atoms with Crippen molar-refractivity contribution >= 4 is 22.6 Å². The van der Waals surface area contributed by atoms with Crippen LogP contribution in [0.1, 0.15) is 43.2 Å². The van der Waals surface area contributed by atoms with Gasteiger partial charge in [0.05, 0.1) is 18.1 Å². The summed E-state index contributed by atoms with van der Waals surface area (Å²) in [7, 11) is 1.53. The molecule has 1 aliphatic rings. The highest BCUT2D eigenvalue weighted by atomic mass is 16.5. The first-order chi connectivity index (χ1) is 14.0. The Morgan fingerprint density at radius 1 is 1.28 bits per heavy atom. The van der Waals surface area contributed by atoms with E-state index in [2.05, 4.69) is 5.32 Å². The number of benzene rings is 2. The van der Waals surface area contributed by atoms with Gasteiger partial charge in [0.25, 0.3) is 0 Å². The van der Waals surface area contributed by atoms with Crippen molar-refractivity contribution in [3.63, 3.8) is 0 Å². The van der Waals surface area contributed by atoms with Crippen LogP contribution in [0.2, 0.25) is 0 Å². The predicted octanol–water partition coefficient (Wildman–Crippen LogP) is 4.40. The minimum absolute atomic E-state index is 0.0567. The van der Waals surface area contributed by atoms with E-state index in [0.29, 0.717) is 23.2 Å². The quantitative estimate of drug-likeness (QED) is 0.606. The van der Waals surface area contributed by atoms with Crippen LogP contribution in [0.3, 0.4) is 0 Å². The molecule has 1 amide bonds. The number of carbonyl (C=O) groups is 1. The van der Waals surface area contributed by atoms with E-state index < -0.39 is 5.63 Å². The van der Waals surface area contributed by atoms with Crippen molar-refractivity contribution in [2.45, 2.75) is 32.1 Å². The average molecular weight is 393 g/mol. The number of hydrogen-bond acceptors (Lipinski definition) is 5. The highest BCUT2D eigenvalue weighted by molar-refractivity contribution is 5.90. The van der Waals surface area contributed by atoms with Gasteiger partial charge in [-0.1, -0.05) is 19.1 Å². The first-order valence-electron chi connectivity index (χ1n) is 9.75. The molecule has 1 saturated carbocycles. The molecule has 2 aromatic carbocycles. The number of hydrogen-bond donors (Lipinski definition) is 2. The Balaban J connectivity index is 1.83. The molecule has 3 aromatic rings. The summed E-state index contributed by atoms with van der Waals surface area (Å²) in [5.41, 5.74) is 1.55.